The van der Waals surface area contributed by atoms with E-state index in [4.69, 9.17) is 25.8 Å². The van der Waals surface area contributed by atoms with Crippen LogP contribution in [-0.2, 0) is 6.61 Å². The van der Waals surface area contributed by atoms with Crippen molar-refractivity contribution in [3.63, 3.8) is 0 Å². The van der Waals surface area contributed by atoms with Gasteiger partial charge in [0.2, 0.25) is 0 Å². The Morgan fingerprint density at radius 1 is 0.966 bits per heavy atom. The molecule has 6 heteroatoms. The van der Waals surface area contributed by atoms with Gasteiger partial charge in [0.15, 0.2) is 0 Å². The van der Waals surface area contributed by atoms with Crippen LogP contribution in [0, 0.1) is 0 Å². The van der Waals surface area contributed by atoms with Crippen molar-refractivity contribution in [1.82, 2.24) is 0 Å². The number of anilines is 1. The standard InChI is InChI=1S/C23H22ClNO4/c1-3-28-22-13-8-16(23(26)25-21-7-5-4-6-20(21)24)14-17(22)15-29-19-11-9-18(27-2)10-12-19/h4-14H,3,15H2,1-2H3,(H,25,26). The van der Waals surface area contributed by atoms with Crippen LogP contribution in [0.15, 0.2) is 66.7 Å². The first-order chi connectivity index (χ1) is 14.1. The number of benzene rings is 3. The molecule has 1 amide bonds. The van der Waals surface area contributed by atoms with Gasteiger partial charge in [0.05, 0.1) is 24.4 Å². The zero-order valence-corrected chi connectivity index (χ0v) is 17.0. The van der Waals surface area contributed by atoms with Gasteiger partial charge in [0, 0.05) is 11.1 Å². The van der Waals surface area contributed by atoms with Crippen molar-refractivity contribution in [2.75, 3.05) is 19.0 Å². The summed E-state index contributed by atoms with van der Waals surface area (Å²) >= 11 is 6.13. The van der Waals surface area contributed by atoms with E-state index in [-0.39, 0.29) is 12.5 Å². The van der Waals surface area contributed by atoms with E-state index in [9.17, 15) is 4.79 Å². The molecule has 0 aromatic heterocycles. The molecule has 29 heavy (non-hydrogen) atoms. The predicted molar refractivity (Wildman–Crippen MR) is 114 cm³/mol. The Bertz CT molecular complexity index is 973. The van der Waals surface area contributed by atoms with E-state index in [1.54, 1.807) is 37.4 Å². The molecule has 0 unspecified atom stereocenters. The van der Waals surface area contributed by atoms with Crippen LogP contribution in [0.1, 0.15) is 22.8 Å². The second-order valence-corrected chi connectivity index (χ2v) is 6.56. The van der Waals surface area contributed by atoms with Crippen LogP contribution < -0.4 is 19.5 Å². The van der Waals surface area contributed by atoms with Crippen molar-refractivity contribution in [1.29, 1.82) is 0 Å². The summed E-state index contributed by atoms with van der Waals surface area (Å²) in [5, 5.41) is 3.31. The third-order valence-electron chi connectivity index (χ3n) is 4.20. The molecule has 0 spiro atoms. The van der Waals surface area contributed by atoms with E-state index in [1.165, 1.54) is 0 Å². The van der Waals surface area contributed by atoms with Crippen LogP contribution in [0.5, 0.6) is 17.2 Å². The number of hydrogen-bond donors (Lipinski definition) is 1. The summed E-state index contributed by atoms with van der Waals surface area (Å²) in [6, 6.07) is 19.7. The van der Waals surface area contributed by atoms with Crippen molar-refractivity contribution in [2.45, 2.75) is 13.5 Å². The fraction of sp³-hybridized carbons (Fsp3) is 0.174. The van der Waals surface area contributed by atoms with Crippen molar-refractivity contribution in [3.05, 3.63) is 82.9 Å². The first-order valence-electron chi connectivity index (χ1n) is 9.19. The Balaban J connectivity index is 1.77. The second kappa shape index (κ2) is 9.85. The molecule has 0 saturated carbocycles. The molecule has 0 saturated heterocycles. The average molecular weight is 412 g/mol. The number of carbonyl (C=O) groups excluding carboxylic acids is 1. The maximum Gasteiger partial charge on any atom is 0.255 e. The predicted octanol–water partition coefficient (Wildman–Crippen LogP) is 5.58. The fourth-order valence-corrected chi connectivity index (χ4v) is 2.90. The van der Waals surface area contributed by atoms with Gasteiger partial charge >= 0.3 is 0 Å². The fourth-order valence-electron chi connectivity index (χ4n) is 2.72. The number of nitrogens with one attached hydrogen (secondary N) is 1. The molecule has 0 atom stereocenters. The van der Waals surface area contributed by atoms with Crippen LogP contribution >= 0.6 is 11.6 Å². The van der Waals surface area contributed by atoms with Crippen LogP contribution in [-0.4, -0.2) is 19.6 Å². The maximum absolute atomic E-state index is 12.7. The first kappa shape index (κ1) is 20.6. The Kier molecular flexibility index (Phi) is 6.98. The van der Waals surface area contributed by atoms with E-state index in [1.807, 2.05) is 43.3 Å². The zero-order valence-electron chi connectivity index (χ0n) is 16.3. The highest BCUT2D eigenvalue weighted by Crippen LogP contribution is 2.25. The van der Waals surface area contributed by atoms with E-state index in [0.717, 1.165) is 11.3 Å². The normalized spacial score (nSPS) is 10.3. The largest absolute Gasteiger partial charge is 0.497 e. The molecule has 150 valence electrons. The molecule has 0 radical (unpaired) electrons. The first-order valence-corrected chi connectivity index (χ1v) is 9.57. The number of para-hydroxylation sites is 1. The van der Waals surface area contributed by atoms with Crippen molar-refractivity contribution in [2.24, 2.45) is 0 Å². The lowest BCUT2D eigenvalue weighted by Crippen LogP contribution is -2.13. The van der Waals surface area contributed by atoms with Crippen LogP contribution in [0.3, 0.4) is 0 Å². The summed E-state index contributed by atoms with van der Waals surface area (Å²) in [5.74, 6) is 1.87. The zero-order chi connectivity index (χ0) is 20.6. The summed E-state index contributed by atoms with van der Waals surface area (Å²) < 4.78 is 16.7. The Morgan fingerprint density at radius 3 is 2.38 bits per heavy atom. The van der Waals surface area contributed by atoms with Gasteiger partial charge in [-0.25, -0.2) is 0 Å². The molecule has 0 aliphatic rings. The van der Waals surface area contributed by atoms with Gasteiger partial charge in [0.25, 0.3) is 5.91 Å². The molecule has 0 aliphatic carbocycles. The number of rotatable bonds is 8. The van der Waals surface area contributed by atoms with Crippen LogP contribution in [0.2, 0.25) is 5.02 Å². The SMILES string of the molecule is CCOc1ccc(C(=O)Nc2ccccc2Cl)cc1COc1ccc(OC)cc1. The molecule has 3 rings (SSSR count). The van der Waals surface area contributed by atoms with Crippen molar-refractivity contribution < 1.29 is 19.0 Å². The molecule has 3 aromatic carbocycles. The summed E-state index contributed by atoms with van der Waals surface area (Å²) in [6.45, 7) is 2.68. The molecular formula is C23H22ClNO4. The summed E-state index contributed by atoms with van der Waals surface area (Å²) in [4.78, 5) is 12.7. The smallest absolute Gasteiger partial charge is 0.255 e. The highest BCUT2D eigenvalue weighted by molar-refractivity contribution is 6.33. The van der Waals surface area contributed by atoms with Gasteiger partial charge in [-0.05, 0) is 61.5 Å². The van der Waals surface area contributed by atoms with E-state index in [2.05, 4.69) is 5.32 Å². The topological polar surface area (TPSA) is 56.8 Å². The minimum absolute atomic E-state index is 0.258. The summed E-state index contributed by atoms with van der Waals surface area (Å²) in [6.07, 6.45) is 0. The summed E-state index contributed by atoms with van der Waals surface area (Å²) in [7, 11) is 1.61. The Morgan fingerprint density at radius 2 is 1.69 bits per heavy atom. The van der Waals surface area contributed by atoms with E-state index >= 15 is 0 Å². The number of ether oxygens (including phenoxy) is 3. The number of hydrogen-bond acceptors (Lipinski definition) is 4. The molecule has 0 bridgehead atoms. The molecule has 3 aromatic rings. The lowest BCUT2D eigenvalue weighted by Gasteiger charge is -2.14. The summed E-state index contributed by atoms with van der Waals surface area (Å²) in [5.41, 5.74) is 1.82. The van der Waals surface area contributed by atoms with Gasteiger partial charge in [0.1, 0.15) is 23.9 Å². The molecular weight excluding hydrogens is 390 g/mol. The van der Waals surface area contributed by atoms with Crippen molar-refractivity contribution >= 4 is 23.2 Å². The molecule has 1 N–H and O–H groups in total. The van der Waals surface area contributed by atoms with Crippen molar-refractivity contribution in [3.8, 4) is 17.2 Å². The molecule has 0 fully saturated rings. The van der Waals surface area contributed by atoms with E-state index in [0.29, 0.717) is 34.4 Å². The molecule has 0 heterocycles. The van der Waals surface area contributed by atoms with Crippen LogP contribution in [0.25, 0.3) is 0 Å². The average Bonchev–Trinajstić information content (AvgIpc) is 2.75. The van der Waals surface area contributed by atoms with Gasteiger partial charge < -0.3 is 19.5 Å². The van der Waals surface area contributed by atoms with Crippen LogP contribution in [0.4, 0.5) is 5.69 Å². The Hall–Kier alpha value is -3.18. The second-order valence-electron chi connectivity index (χ2n) is 6.15. The molecule has 0 aliphatic heterocycles. The third-order valence-corrected chi connectivity index (χ3v) is 4.53. The van der Waals surface area contributed by atoms with Gasteiger partial charge in [-0.15, -0.1) is 0 Å². The molecule has 5 nitrogen and oxygen atoms in total. The lowest BCUT2D eigenvalue weighted by molar-refractivity contribution is 0.102. The minimum Gasteiger partial charge on any atom is -0.497 e. The number of methoxy groups -OCH3 is 1. The third kappa shape index (κ3) is 5.42. The monoisotopic (exact) mass is 411 g/mol. The number of halogens is 1. The quantitative estimate of drug-likeness (QED) is 0.525. The van der Waals surface area contributed by atoms with Gasteiger partial charge in [-0.3, -0.25) is 4.79 Å². The lowest BCUT2D eigenvalue weighted by atomic mass is 10.1. The minimum atomic E-state index is -0.258. The number of carbonyl (C=O) groups is 1. The van der Waals surface area contributed by atoms with E-state index < -0.39 is 0 Å². The van der Waals surface area contributed by atoms with Gasteiger partial charge in [-0.2, -0.15) is 0 Å². The number of amides is 1. The maximum atomic E-state index is 12.7. The van der Waals surface area contributed by atoms with Gasteiger partial charge in [-0.1, -0.05) is 23.7 Å². The Labute approximate surface area is 175 Å². The highest BCUT2D eigenvalue weighted by Gasteiger charge is 2.13. The highest BCUT2D eigenvalue weighted by atomic mass is 35.5.